The summed E-state index contributed by atoms with van der Waals surface area (Å²) in [7, 11) is 0. The van der Waals surface area contributed by atoms with Crippen molar-refractivity contribution in [2.75, 3.05) is 19.6 Å². The van der Waals surface area contributed by atoms with Gasteiger partial charge in [-0.3, -0.25) is 4.79 Å². The van der Waals surface area contributed by atoms with Crippen LogP contribution in [-0.4, -0.2) is 47.8 Å². The topological polar surface area (TPSA) is 49.8 Å². The molecular weight excluding hydrogens is 290 g/mol. The lowest BCUT2D eigenvalue weighted by atomic mass is 10.0. The molecule has 0 bridgehead atoms. The van der Waals surface area contributed by atoms with Gasteiger partial charge in [0.1, 0.15) is 0 Å². The number of nitrogens with zero attached hydrogens (tertiary/aromatic N) is 1. The van der Waals surface area contributed by atoms with E-state index < -0.39 is 0 Å². The normalized spacial score (nSPS) is 17.4. The fourth-order valence-electron chi connectivity index (χ4n) is 3.21. The Morgan fingerprint density at radius 3 is 2.26 bits per heavy atom. The van der Waals surface area contributed by atoms with Crippen molar-refractivity contribution in [3.63, 3.8) is 0 Å². The molecule has 4 heteroatoms. The van der Waals surface area contributed by atoms with Crippen LogP contribution in [0.5, 0.6) is 0 Å². The first-order valence-electron chi connectivity index (χ1n) is 9.68. The maximum atomic E-state index is 11.4. The molecule has 0 unspecified atom stereocenters. The van der Waals surface area contributed by atoms with Gasteiger partial charge < -0.3 is 14.7 Å². The molecule has 0 saturated carbocycles. The molecule has 0 spiro atoms. The maximum Gasteiger partial charge on any atom is 0.306 e. The molecule has 4 nitrogen and oxygen atoms in total. The monoisotopic (exact) mass is 327 g/mol. The number of ether oxygens (including phenoxy) is 1. The van der Waals surface area contributed by atoms with Gasteiger partial charge >= 0.3 is 5.97 Å². The van der Waals surface area contributed by atoms with Crippen molar-refractivity contribution in [1.29, 1.82) is 0 Å². The first kappa shape index (κ1) is 20.4. The van der Waals surface area contributed by atoms with Crippen LogP contribution in [-0.2, 0) is 9.53 Å². The van der Waals surface area contributed by atoms with Crippen molar-refractivity contribution >= 4 is 5.97 Å². The summed E-state index contributed by atoms with van der Waals surface area (Å²) in [6, 6.07) is 0. The van der Waals surface area contributed by atoms with E-state index in [4.69, 9.17) is 4.74 Å². The average Bonchev–Trinajstić information content (AvgIpc) is 2.50. The van der Waals surface area contributed by atoms with Gasteiger partial charge in [0.15, 0.2) is 0 Å². The number of hydrogen-bond acceptors (Lipinski definition) is 4. The highest BCUT2D eigenvalue weighted by atomic mass is 16.5. The van der Waals surface area contributed by atoms with E-state index >= 15 is 0 Å². The van der Waals surface area contributed by atoms with Crippen molar-refractivity contribution in [3.8, 4) is 0 Å². The third kappa shape index (κ3) is 11.5. The molecular formula is C19H37NO3. The van der Waals surface area contributed by atoms with E-state index in [-0.39, 0.29) is 18.2 Å². The molecule has 0 aromatic rings. The van der Waals surface area contributed by atoms with Crippen molar-refractivity contribution < 1.29 is 14.6 Å². The molecule has 1 rings (SSSR count). The molecule has 1 aliphatic rings. The number of unbranched alkanes of at least 4 members (excludes halogenated alkanes) is 5. The SMILES string of the molecule is CC(C)OC(=O)CCCCCCCC[C@H](O)CN1CCCCC1. The van der Waals surface area contributed by atoms with Gasteiger partial charge in [0, 0.05) is 13.0 Å². The number of rotatable bonds is 12. The van der Waals surface area contributed by atoms with Gasteiger partial charge in [-0.1, -0.05) is 38.5 Å². The molecule has 1 saturated heterocycles. The molecule has 0 amide bonds. The Labute approximate surface area is 142 Å². The maximum absolute atomic E-state index is 11.4. The van der Waals surface area contributed by atoms with Crippen LogP contribution in [0, 0.1) is 0 Å². The molecule has 1 heterocycles. The van der Waals surface area contributed by atoms with Crippen molar-refractivity contribution in [1.82, 2.24) is 4.90 Å². The van der Waals surface area contributed by atoms with Crippen LogP contribution in [0.4, 0.5) is 0 Å². The zero-order valence-corrected chi connectivity index (χ0v) is 15.3. The van der Waals surface area contributed by atoms with Crippen LogP contribution in [0.1, 0.15) is 84.5 Å². The Morgan fingerprint density at radius 1 is 1.00 bits per heavy atom. The highest BCUT2D eigenvalue weighted by Crippen LogP contribution is 2.13. The van der Waals surface area contributed by atoms with E-state index in [9.17, 15) is 9.90 Å². The fourth-order valence-corrected chi connectivity index (χ4v) is 3.21. The number of likely N-dealkylation sites (tertiary alicyclic amines) is 1. The largest absolute Gasteiger partial charge is 0.463 e. The quantitative estimate of drug-likeness (QED) is 0.436. The van der Waals surface area contributed by atoms with E-state index in [2.05, 4.69) is 4.90 Å². The van der Waals surface area contributed by atoms with Gasteiger partial charge in [-0.15, -0.1) is 0 Å². The van der Waals surface area contributed by atoms with Gasteiger partial charge in [-0.2, -0.15) is 0 Å². The third-order valence-corrected chi connectivity index (χ3v) is 4.45. The number of β-amino-alcohol motifs (C(OH)–C–C–N with tert-alkyl or cyclic N) is 1. The Kier molecular flexibility index (Phi) is 11.3. The summed E-state index contributed by atoms with van der Waals surface area (Å²) in [4.78, 5) is 13.8. The molecule has 0 aromatic carbocycles. The van der Waals surface area contributed by atoms with Gasteiger partial charge in [0.25, 0.3) is 0 Å². The smallest absolute Gasteiger partial charge is 0.306 e. The van der Waals surface area contributed by atoms with Crippen molar-refractivity contribution in [2.24, 2.45) is 0 Å². The first-order valence-corrected chi connectivity index (χ1v) is 9.68. The summed E-state index contributed by atoms with van der Waals surface area (Å²) in [6.07, 6.45) is 12.0. The molecule has 0 aliphatic carbocycles. The Morgan fingerprint density at radius 2 is 1.61 bits per heavy atom. The lowest BCUT2D eigenvalue weighted by Crippen LogP contribution is -2.36. The highest BCUT2D eigenvalue weighted by Gasteiger charge is 2.14. The van der Waals surface area contributed by atoms with E-state index in [1.807, 2.05) is 13.8 Å². The van der Waals surface area contributed by atoms with E-state index in [1.54, 1.807) is 0 Å². The summed E-state index contributed by atoms with van der Waals surface area (Å²) >= 11 is 0. The Balaban J connectivity index is 1.86. The first-order chi connectivity index (χ1) is 11.1. The van der Waals surface area contributed by atoms with Gasteiger partial charge in [-0.05, 0) is 52.6 Å². The standard InChI is InChI=1S/C19H37NO3/c1-17(2)23-19(22)13-9-6-4-3-5-8-12-18(21)16-20-14-10-7-11-15-20/h17-18,21H,3-16H2,1-2H3/t18-/m0/s1. The minimum Gasteiger partial charge on any atom is -0.463 e. The van der Waals surface area contributed by atoms with Gasteiger partial charge in [-0.25, -0.2) is 0 Å². The Hall–Kier alpha value is -0.610. The second kappa shape index (κ2) is 12.8. The van der Waals surface area contributed by atoms with Crippen LogP contribution in [0.2, 0.25) is 0 Å². The number of carbonyl (C=O) groups is 1. The van der Waals surface area contributed by atoms with Crippen molar-refractivity contribution in [3.05, 3.63) is 0 Å². The predicted octanol–water partition coefficient (Wildman–Crippen LogP) is 3.91. The molecule has 0 radical (unpaired) electrons. The zero-order valence-electron chi connectivity index (χ0n) is 15.3. The van der Waals surface area contributed by atoms with Gasteiger partial charge in [0.05, 0.1) is 12.2 Å². The number of aliphatic hydroxyl groups is 1. The van der Waals surface area contributed by atoms with Crippen LogP contribution in [0.3, 0.4) is 0 Å². The third-order valence-electron chi connectivity index (χ3n) is 4.45. The molecule has 1 atom stereocenters. The zero-order chi connectivity index (χ0) is 16.9. The van der Waals surface area contributed by atoms with Gasteiger partial charge in [0.2, 0.25) is 0 Å². The molecule has 23 heavy (non-hydrogen) atoms. The summed E-state index contributed by atoms with van der Waals surface area (Å²) in [6.45, 7) is 6.96. The molecule has 1 N–H and O–H groups in total. The number of aliphatic hydroxyl groups excluding tert-OH is 1. The van der Waals surface area contributed by atoms with E-state index in [0.717, 1.165) is 45.3 Å². The molecule has 136 valence electrons. The van der Waals surface area contributed by atoms with Crippen molar-refractivity contribution in [2.45, 2.75) is 96.7 Å². The fraction of sp³-hybridized carbons (Fsp3) is 0.947. The number of esters is 1. The number of carbonyl (C=O) groups excluding carboxylic acids is 1. The minimum absolute atomic E-state index is 0.00105. The predicted molar refractivity (Wildman–Crippen MR) is 94.5 cm³/mol. The summed E-state index contributed by atoms with van der Waals surface area (Å²) in [5.41, 5.74) is 0. The minimum atomic E-state index is -0.154. The number of piperidine rings is 1. The van der Waals surface area contributed by atoms with Crippen LogP contribution in [0.15, 0.2) is 0 Å². The number of hydrogen-bond donors (Lipinski definition) is 1. The Bertz CT molecular complexity index is 301. The average molecular weight is 328 g/mol. The van der Waals surface area contributed by atoms with E-state index in [0.29, 0.717) is 6.42 Å². The second-order valence-corrected chi connectivity index (χ2v) is 7.21. The summed E-state index contributed by atoms with van der Waals surface area (Å²) in [5, 5.41) is 10.1. The molecule has 1 fully saturated rings. The van der Waals surface area contributed by atoms with E-state index in [1.165, 1.54) is 38.5 Å². The van der Waals surface area contributed by atoms with Crippen LogP contribution >= 0.6 is 0 Å². The lowest BCUT2D eigenvalue weighted by molar-refractivity contribution is -0.147. The molecule has 0 aromatic heterocycles. The van der Waals surface area contributed by atoms with Crippen LogP contribution < -0.4 is 0 Å². The highest BCUT2D eigenvalue weighted by molar-refractivity contribution is 5.69. The molecule has 1 aliphatic heterocycles. The summed E-state index contributed by atoms with van der Waals surface area (Å²) < 4.78 is 5.11. The lowest BCUT2D eigenvalue weighted by Gasteiger charge is -2.28. The van der Waals surface area contributed by atoms with Crippen LogP contribution in [0.25, 0.3) is 0 Å². The second-order valence-electron chi connectivity index (χ2n) is 7.21. The summed E-state index contributed by atoms with van der Waals surface area (Å²) in [5.74, 6) is -0.0687.